The second-order valence-corrected chi connectivity index (χ2v) is 6.38. The van der Waals surface area contributed by atoms with Gasteiger partial charge < -0.3 is 10.1 Å². The number of rotatable bonds is 6. The maximum absolute atomic E-state index is 5.43. The van der Waals surface area contributed by atoms with E-state index in [1.807, 2.05) is 30.5 Å². The molecule has 0 unspecified atom stereocenters. The first kappa shape index (κ1) is 13.6. The Balaban J connectivity index is 1.85. The topological polar surface area (TPSA) is 34.1 Å². The van der Waals surface area contributed by atoms with Crippen LogP contribution < -0.4 is 10.1 Å². The molecule has 1 aromatic carbocycles. The van der Waals surface area contributed by atoms with Gasteiger partial charge in [-0.3, -0.25) is 0 Å². The number of ether oxygens (including phenoxy) is 1. The normalized spacial score (nSPS) is 14.5. The van der Waals surface area contributed by atoms with Crippen LogP contribution >= 0.6 is 11.3 Å². The van der Waals surface area contributed by atoms with Crippen molar-refractivity contribution in [3.05, 3.63) is 45.4 Å². The first-order valence-corrected chi connectivity index (χ1v) is 7.88. The second kappa shape index (κ2) is 5.94. The van der Waals surface area contributed by atoms with Crippen molar-refractivity contribution in [1.29, 1.82) is 0 Å². The van der Waals surface area contributed by atoms with Crippen LogP contribution in [0.3, 0.4) is 0 Å². The summed E-state index contributed by atoms with van der Waals surface area (Å²) in [4.78, 5) is 6.29. The monoisotopic (exact) mass is 288 g/mol. The molecule has 1 N–H and O–H groups in total. The highest BCUT2D eigenvalue weighted by molar-refractivity contribution is 7.11. The molecule has 0 bridgehead atoms. The first-order chi connectivity index (χ1) is 9.81. The number of thiazole rings is 1. The summed E-state index contributed by atoms with van der Waals surface area (Å²) in [6, 6.07) is 8.20. The maximum atomic E-state index is 5.43. The summed E-state index contributed by atoms with van der Waals surface area (Å²) in [6.45, 7) is 0.926. The van der Waals surface area contributed by atoms with Gasteiger partial charge in [0.05, 0.1) is 17.8 Å². The molecule has 2 aromatic rings. The van der Waals surface area contributed by atoms with Gasteiger partial charge in [-0.1, -0.05) is 18.2 Å². The Kier molecular flexibility index (Phi) is 4.03. The van der Waals surface area contributed by atoms with E-state index in [0.717, 1.165) is 18.7 Å². The Morgan fingerprint density at radius 1 is 1.35 bits per heavy atom. The molecule has 0 aliphatic heterocycles. The average molecular weight is 288 g/mol. The lowest BCUT2D eigenvalue weighted by Crippen LogP contribution is -2.05. The summed E-state index contributed by atoms with van der Waals surface area (Å²) in [7, 11) is 3.72. The minimum atomic E-state index is 0.709. The lowest BCUT2D eigenvalue weighted by molar-refractivity contribution is 0.410. The molecule has 1 aliphatic carbocycles. The zero-order valence-corrected chi connectivity index (χ0v) is 12.8. The van der Waals surface area contributed by atoms with Crippen molar-refractivity contribution in [2.75, 3.05) is 14.2 Å². The summed E-state index contributed by atoms with van der Waals surface area (Å²) in [5, 5.41) is 4.45. The Morgan fingerprint density at radius 2 is 2.15 bits per heavy atom. The molecule has 1 saturated carbocycles. The molecule has 4 heteroatoms. The van der Waals surface area contributed by atoms with Crippen molar-refractivity contribution in [3.8, 4) is 5.75 Å². The third kappa shape index (κ3) is 2.86. The lowest BCUT2D eigenvalue weighted by atomic mass is 10.1. The molecule has 0 spiro atoms. The molecule has 1 fully saturated rings. The molecule has 1 aliphatic rings. The number of hydrogen-bond acceptors (Lipinski definition) is 4. The van der Waals surface area contributed by atoms with E-state index >= 15 is 0 Å². The summed E-state index contributed by atoms with van der Waals surface area (Å²) < 4.78 is 5.43. The van der Waals surface area contributed by atoms with Gasteiger partial charge in [-0.05, 0) is 26.0 Å². The van der Waals surface area contributed by atoms with E-state index in [9.17, 15) is 0 Å². The fourth-order valence-electron chi connectivity index (χ4n) is 2.46. The van der Waals surface area contributed by atoms with E-state index in [2.05, 4.69) is 17.4 Å². The van der Waals surface area contributed by atoms with Crippen LogP contribution in [0, 0.1) is 0 Å². The van der Waals surface area contributed by atoms with Crippen molar-refractivity contribution in [2.45, 2.75) is 31.7 Å². The molecule has 0 atom stereocenters. The highest BCUT2D eigenvalue weighted by Gasteiger charge is 2.29. The Morgan fingerprint density at radius 3 is 2.85 bits per heavy atom. The maximum Gasteiger partial charge on any atom is 0.122 e. The van der Waals surface area contributed by atoms with Gasteiger partial charge in [0.2, 0.25) is 0 Å². The van der Waals surface area contributed by atoms with Crippen LogP contribution in [0.1, 0.15) is 39.9 Å². The van der Waals surface area contributed by atoms with Gasteiger partial charge in [-0.25, -0.2) is 4.98 Å². The Labute approximate surface area is 124 Å². The zero-order chi connectivity index (χ0) is 13.9. The largest absolute Gasteiger partial charge is 0.496 e. The summed E-state index contributed by atoms with van der Waals surface area (Å²) in [5.41, 5.74) is 2.54. The van der Waals surface area contributed by atoms with Gasteiger partial charge in [-0.15, -0.1) is 11.3 Å². The molecule has 0 saturated heterocycles. The van der Waals surface area contributed by atoms with E-state index in [-0.39, 0.29) is 0 Å². The van der Waals surface area contributed by atoms with Crippen molar-refractivity contribution in [3.63, 3.8) is 0 Å². The molecule has 3 rings (SSSR count). The Bertz CT molecular complexity index is 590. The van der Waals surface area contributed by atoms with E-state index in [0.29, 0.717) is 5.92 Å². The molecule has 20 heavy (non-hydrogen) atoms. The van der Waals surface area contributed by atoms with Gasteiger partial charge >= 0.3 is 0 Å². The quantitative estimate of drug-likeness (QED) is 0.885. The molecular weight excluding hydrogens is 268 g/mol. The molecule has 3 nitrogen and oxygen atoms in total. The lowest BCUT2D eigenvalue weighted by Gasteiger charge is -2.05. The van der Waals surface area contributed by atoms with E-state index in [4.69, 9.17) is 9.72 Å². The minimum absolute atomic E-state index is 0.709. The third-order valence-corrected chi connectivity index (χ3v) is 4.68. The van der Waals surface area contributed by atoms with Gasteiger partial charge in [0.15, 0.2) is 0 Å². The van der Waals surface area contributed by atoms with Crippen molar-refractivity contribution in [2.24, 2.45) is 0 Å². The van der Waals surface area contributed by atoms with Crippen molar-refractivity contribution in [1.82, 2.24) is 10.3 Å². The summed E-state index contributed by atoms with van der Waals surface area (Å²) in [6.07, 6.45) is 3.46. The van der Waals surface area contributed by atoms with Crippen molar-refractivity contribution >= 4 is 11.3 Å². The van der Waals surface area contributed by atoms with Crippen molar-refractivity contribution < 1.29 is 4.74 Å². The van der Waals surface area contributed by atoms with Crippen LogP contribution in [0.5, 0.6) is 5.75 Å². The third-order valence-electron chi connectivity index (χ3n) is 3.61. The Hall–Kier alpha value is -1.39. The molecule has 1 heterocycles. The van der Waals surface area contributed by atoms with E-state index in [1.54, 1.807) is 7.11 Å². The SMILES string of the molecule is CNCc1sc(Cc2ccccc2OC)nc1C1CC1. The van der Waals surface area contributed by atoms with Crippen LogP contribution in [0.4, 0.5) is 0 Å². The molecule has 106 valence electrons. The number of para-hydroxylation sites is 1. The second-order valence-electron chi connectivity index (χ2n) is 5.21. The highest BCUT2D eigenvalue weighted by Crippen LogP contribution is 2.43. The number of methoxy groups -OCH3 is 1. The van der Waals surface area contributed by atoms with Crippen LogP contribution in [0.25, 0.3) is 0 Å². The average Bonchev–Trinajstić information content (AvgIpc) is 3.23. The smallest absolute Gasteiger partial charge is 0.122 e. The van der Waals surface area contributed by atoms with Gasteiger partial charge in [0.25, 0.3) is 0 Å². The fraction of sp³-hybridized carbons (Fsp3) is 0.438. The van der Waals surface area contributed by atoms with Crippen LogP contribution in [0.2, 0.25) is 0 Å². The first-order valence-electron chi connectivity index (χ1n) is 7.06. The number of hydrogen-bond donors (Lipinski definition) is 1. The van der Waals surface area contributed by atoms with Gasteiger partial charge in [0, 0.05) is 29.3 Å². The molecular formula is C16H20N2OS. The fourth-order valence-corrected chi connectivity index (χ4v) is 3.65. The van der Waals surface area contributed by atoms with Crippen LogP contribution in [-0.2, 0) is 13.0 Å². The predicted molar refractivity (Wildman–Crippen MR) is 82.7 cm³/mol. The van der Waals surface area contributed by atoms with Crippen LogP contribution in [-0.4, -0.2) is 19.1 Å². The molecule has 0 amide bonds. The predicted octanol–water partition coefficient (Wildman–Crippen LogP) is 3.34. The number of benzene rings is 1. The molecule has 0 radical (unpaired) electrons. The van der Waals surface area contributed by atoms with E-state index in [1.165, 1.54) is 34.0 Å². The number of nitrogens with one attached hydrogen (secondary N) is 1. The number of nitrogens with zero attached hydrogens (tertiary/aromatic N) is 1. The van der Waals surface area contributed by atoms with Crippen LogP contribution in [0.15, 0.2) is 24.3 Å². The van der Waals surface area contributed by atoms with Gasteiger partial charge in [-0.2, -0.15) is 0 Å². The van der Waals surface area contributed by atoms with Gasteiger partial charge in [0.1, 0.15) is 5.75 Å². The molecule has 1 aromatic heterocycles. The summed E-state index contributed by atoms with van der Waals surface area (Å²) in [5.74, 6) is 1.66. The highest BCUT2D eigenvalue weighted by atomic mass is 32.1. The summed E-state index contributed by atoms with van der Waals surface area (Å²) >= 11 is 1.84. The number of aromatic nitrogens is 1. The minimum Gasteiger partial charge on any atom is -0.496 e. The van der Waals surface area contributed by atoms with E-state index < -0.39 is 0 Å². The zero-order valence-electron chi connectivity index (χ0n) is 12.0. The standard InChI is InChI=1S/C16H20N2OS/c1-17-10-14-16(11-7-8-11)18-15(20-14)9-12-5-3-4-6-13(12)19-2/h3-6,11,17H,7-10H2,1-2H3.